The number of para-hydroxylation sites is 1. The van der Waals surface area contributed by atoms with E-state index in [1.54, 1.807) is 24.3 Å². The van der Waals surface area contributed by atoms with Crippen LogP contribution < -0.4 is 10.2 Å². The third kappa shape index (κ3) is 3.05. The summed E-state index contributed by atoms with van der Waals surface area (Å²) >= 11 is 5.97. The van der Waals surface area contributed by atoms with Gasteiger partial charge in [0.25, 0.3) is 0 Å². The molecule has 32 heavy (non-hydrogen) atoms. The van der Waals surface area contributed by atoms with Crippen LogP contribution in [0.25, 0.3) is 6.08 Å². The number of carbonyl (C=O) groups excluding carboxylic acids is 3. The van der Waals surface area contributed by atoms with E-state index in [0.717, 1.165) is 11.3 Å². The Morgan fingerprint density at radius 3 is 2.31 bits per heavy atom. The first kappa shape index (κ1) is 20.8. The fraction of sp³-hybridized carbons (Fsp3) is 0.320. The molecule has 1 N–H and O–H groups in total. The summed E-state index contributed by atoms with van der Waals surface area (Å²) in [6.45, 7) is 5.53. The second-order valence-corrected chi connectivity index (χ2v) is 9.93. The molecule has 0 aromatic heterocycles. The molecule has 3 amide bonds. The molecule has 3 aliphatic heterocycles. The second kappa shape index (κ2) is 7.20. The van der Waals surface area contributed by atoms with Crippen molar-refractivity contribution < 1.29 is 14.4 Å². The Morgan fingerprint density at radius 2 is 1.62 bits per heavy atom. The number of halogens is 1. The zero-order chi connectivity index (χ0) is 22.8. The van der Waals surface area contributed by atoms with Gasteiger partial charge in [-0.2, -0.15) is 0 Å². The zero-order valence-electron chi connectivity index (χ0n) is 18.1. The Balaban J connectivity index is 1.59. The molecule has 4 atom stereocenters. The summed E-state index contributed by atoms with van der Waals surface area (Å²) in [4.78, 5) is 44.0. The van der Waals surface area contributed by atoms with Crippen LogP contribution in [0.4, 0.5) is 11.4 Å². The van der Waals surface area contributed by atoms with E-state index in [1.807, 2.05) is 62.1 Å². The standard InChI is InChI=1S/C25H24ClN3O3/c1-25(2,3)29-23(31)19-18-13-8-14-6-4-5-7-17(14)28(18)21(20(19)24(29)32)22(30)27-16-11-9-15(26)10-12-16/h4-13,18-21H,1-3H3,(H,27,30)/t18-,19+,20+,21-/m1/s1. The third-order valence-electron chi connectivity index (χ3n) is 6.47. The zero-order valence-corrected chi connectivity index (χ0v) is 18.8. The highest BCUT2D eigenvalue weighted by Gasteiger charge is 2.65. The Labute approximate surface area is 191 Å². The van der Waals surface area contributed by atoms with E-state index in [1.165, 1.54) is 4.90 Å². The van der Waals surface area contributed by atoms with Crippen molar-refractivity contribution in [3.63, 3.8) is 0 Å². The van der Waals surface area contributed by atoms with Crippen molar-refractivity contribution in [2.45, 2.75) is 38.4 Å². The number of nitrogens with zero attached hydrogens (tertiary/aromatic N) is 2. The van der Waals surface area contributed by atoms with Gasteiger partial charge in [-0.3, -0.25) is 19.3 Å². The van der Waals surface area contributed by atoms with Crippen LogP contribution >= 0.6 is 11.6 Å². The van der Waals surface area contributed by atoms with Gasteiger partial charge in [-0.1, -0.05) is 42.0 Å². The Kier molecular flexibility index (Phi) is 4.67. The largest absolute Gasteiger partial charge is 0.351 e. The van der Waals surface area contributed by atoms with Gasteiger partial charge in [0.15, 0.2) is 0 Å². The summed E-state index contributed by atoms with van der Waals surface area (Å²) < 4.78 is 0. The quantitative estimate of drug-likeness (QED) is 0.704. The molecule has 2 saturated heterocycles. The number of anilines is 2. The third-order valence-corrected chi connectivity index (χ3v) is 6.72. The molecule has 6 nitrogen and oxygen atoms in total. The maximum Gasteiger partial charge on any atom is 0.247 e. The molecular weight excluding hydrogens is 426 g/mol. The summed E-state index contributed by atoms with van der Waals surface area (Å²) in [5, 5.41) is 3.50. The fourth-order valence-corrected chi connectivity index (χ4v) is 5.35. The van der Waals surface area contributed by atoms with Crippen LogP contribution in [0.3, 0.4) is 0 Å². The van der Waals surface area contributed by atoms with E-state index in [9.17, 15) is 14.4 Å². The molecule has 2 fully saturated rings. The van der Waals surface area contributed by atoms with E-state index in [2.05, 4.69) is 5.32 Å². The van der Waals surface area contributed by atoms with E-state index in [4.69, 9.17) is 11.6 Å². The van der Waals surface area contributed by atoms with Gasteiger partial charge in [0.1, 0.15) is 6.04 Å². The van der Waals surface area contributed by atoms with Crippen LogP contribution in [-0.2, 0) is 14.4 Å². The van der Waals surface area contributed by atoms with Crippen LogP contribution in [-0.4, -0.2) is 40.2 Å². The maximum absolute atomic E-state index is 13.6. The van der Waals surface area contributed by atoms with Crippen molar-refractivity contribution in [3.8, 4) is 0 Å². The normalized spacial score (nSPS) is 26.1. The van der Waals surface area contributed by atoms with Crippen molar-refractivity contribution in [1.82, 2.24) is 4.90 Å². The lowest BCUT2D eigenvalue weighted by atomic mass is 9.88. The predicted molar refractivity (Wildman–Crippen MR) is 124 cm³/mol. The molecule has 0 aliphatic carbocycles. The summed E-state index contributed by atoms with van der Waals surface area (Å²) in [6.07, 6.45) is 3.93. The highest BCUT2D eigenvalue weighted by atomic mass is 35.5. The highest BCUT2D eigenvalue weighted by Crippen LogP contribution is 2.49. The predicted octanol–water partition coefficient (Wildman–Crippen LogP) is 3.96. The van der Waals surface area contributed by atoms with Crippen LogP contribution in [0, 0.1) is 11.8 Å². The van der Waals surface area contributed by atoms with Gasteiger partial charge in [0, 0.05) is 21.9 Å². The van der Waals surface area contributed by atoms with Crippen molar-refractivity contribution >= 4 is 46.8 Å². The van der Waals surface area contributed by atoms with Gasteiger partial charge in [0.2, 0.25) is 17.7 Å². The van der Waals surface area contributed by atoms with E-state index < -0.39 is 23.4 Å². The number of fused-ring (bicyclic) bond motifs is 5. The van der Waals surface area contributed by atoms with Gasteiger partial charge in [0.05, 0.1) is 17.9 Å². The van der Waals surface area contributed by atoms with Gasteiger partial charge in [-0.05, 0) is 56.7 Å². The molecule has 0 bridgehead atoms. The lowest BCUT2D eigenvalue weighted by molar-refractivity contribution is -0.146. The Hall–Kier alpha value is -3.12. The number of hydrogen-bond acceptors (Lipinski definition) is 4. The molecule has 7 heteroatoms. The molecule has 5 rings (SSSR count). The number of likely N-dealkylation sites (tertiary alicyclic amines) is 1. The van der Waals surface area contributed by atoms with Crippen LogP contribution in [0.2, 0.25) is 5.02 Å². The SMILES string of the molecule is CC(C)(C)N1C(=O)[C@@H]2[C@H](C1=O)[C@H](C(=O)Nc1ccc(Cl)cc1)N1c3ccccc3C=C[C@H]21. The topological polar surface area (TPSA) is 69.7 Å². The minimum absolute atomic E-state index is 0.215. The van der Waals surface area contributed by atoms with Crippen molar-refractivity contribution in [2.75, 3.05) is 10.2 Å². The summed E-state index contributed by atoms with van der Waals surface area (Å²) in [6, 6.07) is 13.4. The first-order valence-electron chi connectivity index (χ1n) is 10.7. The van der Waals surface area contributed by atoms with Gasteiger partial charge in [-0.25, -0.2) is 0 Å². The number of benzene rings is 2. The first-order valence-corrected chi connectivity index (χ1v) is 11.1. The minimum Gasteiger partial charge on any atom is -0.351 e. The Bertz CT molecular complexity index is 1150. The molecule has 164 valence electrons. The lowest BCUT2D eigenvalue weighted by Crippen LogP contribution is -2.53. The second-order valence-electron chi connectivity index (χ2n) is 9.49. The van der Waals surface area contributed by atoms with Crippen molar-refractivity contribution in [1.29, 1.82) is 0 Å². The molecule has 2 aromatic carbocycles. The molecule has 0 spiro atoms. The summed E-state index contributed by atoms with van der Waals surface area (Å²) in [5.74, 6) is -2.17. The molecule has 0 saturated carbocycles. The maximum atomic E-state index is 13.6. The van der Waals surface area contributed by atoms with Crippen LogP contribution in [0.5, 0.6) is 0 Å². The highest BCUT2D eigenvalue weighted by molar-refractivity contribution is 6.30. The average Bonchev–Trinajstić information content (AvgIpc) is 3.22. The van der Waals surface area contributed by atoms with Crippen molar-refractivity contribution in [2.24, 2.45) is 11.8 Å². The van der Waals surface area contributed by atoms with Crippen LogP contribution in [0.1, 0.15) is 26.3 Å². The van der Waals surface area contributed by atoms with Gasteiger partial charge < -0.3 is 10.2 Å². The number of carbonyl (C=O) groups is 3. The smallest absolute Gasteiger partial charge is 0.247 e. The van der Waals surface area contributed by atoms with Gasteiger partial charge >= 0.3 is 0 Å². The van der Waals surface area contributed by atoms with E-state index in [0.29, 0.717) is 10.7 Å². The minimum atomic E-state index is -0.810. The molecule has 0 radical (unpaired) electrons. The van der Waals surface area contributed by atoms with Crippen molar-refractivity contribution in [3.05, 3.63) is 65.2 Å². The number of imide groups is 1. The summed E-state index contributed by atoms with van der Waals surface area (Å²) in [7, 11) is 0. The number of rotatable bonds is 2. The average molecular weight is 450 g/mol. The Morgan fingerprint density at radius 1 is 0.969 bits per heavy atom. The number of nitrogens with one attached hydrogen (secondary N) is 1. The molecule has 2 aromatic rings. The monoisotopic (exact) mass is 449 g/mol. The van der Waals surface area contributed by atoms with E-state index in [-0.39, 0.29) is 23.8 Å². The molecule has 0 unspecified atom stereocenters. The van der Waals surface area contributed by atoms with Gasteiger partial charge in [-0.15, -0.1) is 0 Å². The first-order chi connectivity index (χ1) is 15.2. The summed E-state index contributed by atoms with van der Waals surface area (Å²) in [5.41, 5.74) is 1.75. The lowest BCUT2D eigenvalue weighted by Gasteiger charge is -2.38. The van der Waals surface area contributed by atoms with E-state index >= 15 is 0 Å². The molecular formula is C25H24ClN3O3. The van der Waals surface area contributed by atoms with Crippen LogP contribution in [0.15, 0.2) is 54.6 Å². The molecule has 3 aliphatic rings. The number of amides is 3. The number of hydrogen-bond donors (Lipinski definition) is 1. The fourth-order valence-electron chi connectivity index (χ4n) is 5.22. The molecule has 3 heterocycles.